The third-order valence-corrected chi connectivity index (χ3v) is 1.46. The zero-order valence-corrected chi connectivity index (χ0v) is 10.7. The molecule has 0 saturated carbocycles. The number of benzene rings is 1. The third-order valence-electron chi connectivity index (χ3n) is 1.46. The Morgan fingerprint density at radius 3 is 1.77 bits per heavy atom. The molecule has 0 aliphatic heterocycles. The molecule has 0 aliphatic carbocycles. The van der Waals surface area contributed by atoms with Crippen LogP contribution < -0.4 is 11.5 Å². The molecule has 0 bridgehead atoms. The van der Waals surface area contributed by atoms with Crippen LogP contribution in [0.25, 0.3) is 0 Å². The first-order chi connectivity index (χ1) is 6.28. The van der Waals surface area contributed by atoms with E-state index in [9.17, 15) is 0 Å². The molecular weight excluding hydrogens is 390 g/mol. The van der Waals surface area contributed by atoms with Crippen LogP contribution in [0.4, 0.5) is 0 Å². The fourth-order valence-electron chi connectivity index (χ4n) is 0.884. The summed E-state index contributed by atoms with van der Waals surface area (Å²) < 4.78 is 0. The predicted molar refractivity (Wildman–Crippen MR) is 53.9 cm³/mol. The van der Waals surface area contributed by atoms with Crippen molar-refractivity contribution < 1.29 is 16.5 Å². The molecule has 0 heterocycles. The van der Waals surface area contributed by atoms with Gasteiger partial charge in [-0.2, -0.15) is 0 Å². The molecule has 0 aliphatic rings. The Labute approximate surface area is 95.0 Å². The quantitative estimate of drug-likeness (QED) is 0.795. The van der Waals surface area contributed by atoms with E-state index in [0.29, 0.717) is 13.1 Å². The summed E-state index contributed by atoms with van der Waals surface area (Å²) in [6, 6.07) is 8.00. The van der Waals surface area contributed by atoms with Gasteiger partial charge in [-0.25, -0.2) is 0 Å². The molecular formula is C8H12Cl2N2Pt. The monoisotopic (exact) mass is 401 g/mol. The van der Waals surface area contributed by atoms with Crippen LogP contribution in [0, 0.1) is 0 Å². The fourth-order valence-corrected chi connectivity index (χ4v) is 0.884. The van der Waals surface area contributed by atoms with Crippen LogP contribution >= 0.6 is 18.8 Å². The zero-order chi connectivity index (χ0) is 10.1. The average Bonchev–Trinajstić information content (AvgIpc) is 2.19. The van der Waals surface area contributed by atoms with E-state index in [1.54, 1.807) is 0 Å². The van der Waals surface area contributed by atoms with E-state index in [2.05, 4.69) is 0 Å². The van der Waals surface area contributed by atoms with Crippen molar-refractivity contribution in [3.05, 3.63) is 35.4 Å². The predicted octanol–water partition coefficient (Wildman–Crippen LogP) is 1.98. The third kappa shape index (κ3) is 6.48. The molecule has 0 amide bonds. The standard InChI is InChI=1S/C8H12N2.2ClH.Pt/c9-5-7-2-1-3-8(4-7)6-10;;;/h1-4H,5-6,9-10H2;2*1H;/q;;;+2/p-2. The maximum atomic E-state index is 5.43. The summed E-state index contributed by atoms with van der Waals surface area (Å²) in [6.45, 7) is 1.18. The Balaban J connectivity index is 0.000000424. The van der Waals surface area contributed by atoms with Crippen molar-refractivity contribution in [3.63, 3.8) is 0 Å². The molecule has 2 nitrogen and oxygen atoms in total. The van der Waals surface area contributed by atoms with Crippen LogP contribution in [-0.4, -0.2) is 0 Å². The Bertz CT molecular complexity index is 214. The van der Waals surface area contributed by atoms with Gasteiger partial charge in [0.15, 0.2) is 0 Å². The first kappa shape index (κ1) is 13.4. The van der Waals surface area contributed by atoms with E-state index in [0.717, 1.165) is 11.1 Å². The van der Waals surface area contributed by atoms with Crippen molar-refractivity contribution in [1.29, 1.82) is 0 Å². The van der Waals surface area contributed by atoms with E-state index in [1.165, 1.54) is 0 Å². The molecule has 0 radical (unpaired) electrons. The Hall–Kier alpha value is 0.408. The van der Waals surface area contributed by atoms with Gasteiger partial charge in [0, 0.05) is 13.1 Å². The number of nitrogens with two attached hydrogens (primary N) is 2. The fraction of sp³-hybridized carbons (Fsp3) is 0.250. The van der Waals surface area contributed by atoms with E-state index in [-0.39, 0.29) is 0 Å². The minimum atomic E-state index is -0.472. The van der Waals surface area contributed by atoms with E-state index < -0.39 is 16.5 Å². The van der Waals surface area contributed by atoms with Crippen molar-refractivity contribution in [2.75, 3.05) is 0 Å². The van der Waals surface area contributed by atoms with Gasteiger partial charge in [-0.1, -0.05) is 24.3 Å². The molecule has 0 saturated heterocycles. The zero-order valence-electron chi connectivity index (χ0n) is 6.95. The molecule has 0 fully saturated rings. The number of halogens is 2. The molecule has 0 spiro atoms. The van der Waals surface area contributed by atoms with Crippen LogP contribution in [0.3, 0.4) is 0 Å². The first-order valence-electron chi connectivity index (χ1n) is 3.58. The van der Waals surface area contributed by atoms with Gasteiger partial charge in [0.25, 0.3) is 0 Å². The van der Waals surface area contributed by atoms with Gasteiger partial charge in [0.1, 0.15) is 0 Å². The number of hydrogen-bond acceptors (Lipinski definition) is 2. The van der Waals surface area contributed by atoms with E-state index >= 15 is 0 Å². The minimum absolute atomic E-state index is 0.472. The van der Waals surface area contributed by atoms with Crippen LogP contribution in [0.1, 0.15) is 11.1 Å². The summed E-state index contributed by atoms with van der Waals surface area (Å²) in [4.78, 5) is 0. The molecule has 0 atom stereocenters. The Morgan fingerprint density at radius 2 is 1.46 bits per heavy atom. The molecule has 4 N–H and O–H groups in total. The van der Waals surface area contributed by atoms with Crippen molar-refractivity contribution in [3.8, 4) is 0 Å². The normalized spacial score (nSPS) is 9.23. The second-order valence-corrected chi connectivity index (χ2v) is 5.56. The summed E-state index contributed by atoms with van der Waals surface area (Å²) in [5.41, 5.74) is 13.1. The van der Waals surface area contributed by atoms with Crippen LogP contribution in [-0.2, 0) is 29.6 Å². The van der Waals surface area contributed by atoms with Gasteiger partial charge in [-0.05, 0) is 11.1 Å². The molecule has 13 heavy (non-hydrogen) atoms. The molecule has 1 aromatic carbocycles. The summed E-state index contributed by atoms with van der Waals surface area (Å²) in [6.07, 6.45) is 0. The van der Waals surface area contributed by atoms with Crippen molar-refractivity contribution in [2.24, 2.45) is 11.5 Å². The van der Waals surface area contributed by atoms with E-state index in [4.69, 9.17) is 30.3 Å². The number of rotatable bonds is 2. The van der Waals surface area contributed by atoms with Gasteiger partial charge in [-0.3, -0.25) is 0 Å². The van der Waals surface area contributed by atoms with Gasteiger partial charge in [0.2, 0.25) is 0 Å². The SMILES string of the molecule is NCc1cccc(CN)c1.[Cl][Pt][Cl]. The molecule has 0 unspecified atom stereocenters. The van der Waals surface area contributed by atoms with Gasteiger partial charge in [-0.15, -0.1) is 0 Å². The van der Waals surface area contributed by atoms with Gasteiger partial charge >= 0.3 is 35.3 Å². The maximum absolute atomic E-state index is 5.43. The average molecular weight is 402 g/mol. The van der Waals surface area contributed by atoms with Crippen molar-refractivity contribution in [2.45, 2.75) is 13.1 Å². The van der Waals surface area contributed by atoms with Crippen molar-refractivity contribution >= 4 is 18.8 Å². The molecule has 0 aromatic heterocycles. The van der Waals surface area contributed by atoms with Gasteiger partial charge < -0.3 is 11.5 Å². The van der Waals surface area contributed by atoms with E-state index in [1.807, 2.05) is 24.3 Å². The van der Waals surface area contributed by atoms with Crippen LogP contribution in [0.5, 0.6) is 0 Å². The van der Waals surface area contributed by atoms with Crippen LogP contribution in [0.2, 0.25) is 0 Å². The first-order valence-corrected chi connectivity index (χ1v) is 9.21. The molecule has 1 aromatic rings. The van der Waals surface area contributed by atoms with Crippen LogP contribution in [0.15, 0.2) is 24.3 Å². The summed E-state index contributed by atoms with van der Waals surface area (Å²) >= 11 is -0.472. The summed E-state index contributed by atoms with van der Waals surface area (Å²) in [5.74, 6) is 0. The molecule has 78 valence electrons. The Morgan fingerprint density at radius 1 is 1.08 bits per heavy atom. The second kappa shape index (κ2) is 8.98. The van der Waals surface area contributed by atoms with Gasteiger partial charge in [0.05, 0.1) is 0 Å². The number of hydrogen-bond donors (Lipinski definition) is 2. The molecule has 5 heteroatoms. The topological polar surface area (TPSA) is 52.0 Å². The second-order valence-electron chi connectivity index (χ2n) is 2.27. The molecule has 1 rings (SSSR count). The summed E-state index contributed by atoms with van der Waals surface area (Å²) in [5, 5.41) is 0. The Kier molecular flexibility index (Phi) is 9.26. The summed E-state index contributed by atoms with van der Waals surface area (Å²) in [7, 11) is 9.75. The van der Waals surface area contributed by atoms with Crippen molar-refractivity contribution in [1.82, 2.24) is 0 Å².